The monoisotopic (exact) mass is 328 g/mol. The van der Waals surface area contributed by atoms with Gasteiger partial charge in [-0.1, -0.05) is 12.1 Å². The van der Waals surface area contributed by atoms with E-state index in [0.29, 0.717) is 6.54 Å². The standard InChI is InChI=1S/C15H13BrN4/c16-13-4-5-15(18-8-13)10-20-9-12(7-19-20)11-2-1-3-14(17)6-11/h1-9H,10,17H2. The number of nitrogen functional groups attached to an aromatic ring is 1. The van der Waals surface area contributed by atoms with Crippen molar-refractivity contribution in [2.75, 3.05) is 5.73 Å². The Bertz CT molecular complexity index is 719. The van der Waals surface area contributed by atoms with E-state index in [9.17, 15) is 0 Å². The van der Waals surface area contributed by atoms with Gasteiger partial charge in [0.05, 0.1) is 18.4 Å². The van der Waals surface area contributed by atoms with Gasteiger partial charge in [-0.25, -0.2) is 0 Å². The largest absolute Gasteiger partial charge is 0.399 e. The molecule has 0 saturated heterocycles. The van der Waals surface area contributed by atoms with E-state index in [0.717, 1.165) is 27.0 Å². The molecule has 5 heteroatoms. The lowest BCUT2D eigenvalue weighted by molar-refractivity contribution is 0.672. The number of halogens is 1. The van der Waals surface area contributed by atoms with Crippen molar-refractivity contribution in [3.8, 4) is 11.1 Å². The lowest BCUT2D eigenvalue weighted by Crippen LogP contribution is -2.01. The fourth-order valence-corrected chi connectivity index (χ4v) is 2.22. The lowest BCUT2D eigenvalue weighted by Gasteiger charge is -2.01. The van der Waals surface area contributed by atoms with Gasteiger partial charge in [0.1, 0.15) is 0 Å². The van der Waals surface area contributed by atoms with Gasteiger partial charge < -0.3 is 5.73 Å². The molecule has 2 heterocycles. The summed E-state index contributed by atoms with van der Waals surface area (Å²) in [4.78, 5) is 4.34. The van der Waals surface area contributed by atoms with Gasteiger partial charge in [-0.15, -0.1) is 0 Å². The lowest BCUT2D eigenvalue weighted by atomic mass is 10.1. The van der Waals surface area contributed by atoms with E-state index in [4.69, 9.17) is 5.73 Å². The summed E-state index contributed by atoms with van der Waals surface area (Å²) in [5.74, 6) is 0. The van der Waals surface area contributed by atoms with Gasteiger partial charge in [0, 0.05) is 28.1 Å². The van der Waals surface area contributed by atoms with Crippen LogP contribution in [0.25, 0.3) is 11.1 Å². The maximum atomic E-state index is 5.80. The first-order valence-corrected chi connectivity index (χ1v) is 6.99. The summed E-state index contributed by atoms with van der Waals surface area (Å²) >= 11 is 3.38. The van der Waals surface area contributed by atoms with E-state index >= 15 is 0 Å². The smallest absolute Gasteiger partial charge is 0.0831 e. The number of hydrogen-bond acceptors (Lipinski definition) is 3. The zero-order valence-corrected chi connectivity index (χ0v) is 12.3. The molecule has 4 nitrogen and oxygen atoms in total. The predicted molar refractivity (Wildman–Crippen MR) is 83.1 cm³/mol. The summed E-state index contributed by atoms with van der Waals surface area (Å²) in [7, 11) is 0. The van der Waals surface area contributed by atoms with E-state index in [1.165, 1.54) is 0 Å². The van der Waals surface area contributed by atoms with Crippen LogP contribution in [0.1, 0.15) is 5.69 Å². The minimum atomic E-state index is 0.648. The Balaban J connectivity index is 1.82. The van der Waals surface area contributed by atoms with E-state index in [-0.39, 0.29) is 0 Å². The number of benzene rings is 1. The molecule has 0 fully saturated rings. The topological polar surface area (TPSA) is 56.7 Å². The van der Waals surface area contributed by atoms with Crippen LogP contribution in [0.2, 0.25) is 0 Å². The second kappa shape index (κ2) is 5.46. The maximum Gasteiger partial charge on any atom is 0.0831 e. The summed E-state index contributed by atoms with van der Waals surface area (Å²) in [5.41, 5.74) is 9.64. The van der Waals surface area contributed by atoms with Gasteiger partial charge in [0.15, 0.2) is 0 Å². The third-order valence-electron chi connectivity index (χ3n) is 2.97. The van der Waals surface area contributed by atoms with Crippen LogP contribution in [0.5, 0.6) is 0 Å². The number of anilines is 1. The molecule has 0 spiro atoms. The summed E-state index contributed by atoms with van der Waals surface area (Å²) in [6, 6.07) is 11.7. The molecule has 100 valence electrons. The van der Waals surface area contributed by atoms with Crippen molar-refractivity contribution in [3.05, 3.63) is 65.2 Å². The Morgan fingerprint density at radius 1 is 1.10 bits per heavy atom. The van der Waals surface area contributed by atoms with Crippen molar-refractivity contribution < 1.29 is 0 Å². The van der Waals surface area contributed by atoms with Crippen molar-refractivity contribution in [1.82, 2.24) is 14.8 Å². The van der Waals surface area contributed by atoms with Gasteiger partial charge in [0.2, 0.25) is 0 Å². The Morgan fingerprint density at radius 2 is 2.00 bits per heavy atom. The Hall–Kier alpha value is -2.14. The number of pyridine rings is 1. The highest BCUT2D eigenvalue weighted by Crippen LogP contribution is 2.20. The number of aromatic nitrogens is 3. The van der Waals surface area contributed by atoms with Gasteiger partial charge >= 0.3 is 0 Å². The third-order valence-corrected chi connectivity index (χ3v) is 3.43. The van der Waals surface area contributed by atoms with Crippen molar-refractivity contribution in [2.45, 2.75) is 6.54 Å². The minimum Gasteiger partial charge on any atom is -0.399 e. The predicted octanol–water partition coefficient (Wildman–Crippen LogP) is 3.34. The highest BCUT2D eigenvalue weighted by molar-refractivity contribution is 9.10. The molecular weight excluding hydrogens is 316 g/mol. The van der Waals surface area contributed by atoms with Crippen molar-refractivity contribution in [2.24, 2.45) is 0 Å². The molecule has 0 bridgehead atoms. The minimum absolute atomic E-state index is 0.648. The van der Waals surface area contributed by atoms with Crippen molar-refractivity contribution in [1.29, 1.82) is 0 Å². The fraction of sp³-hybridized carbons (Fsp3) is 0.0667. The van der Waals surface area contributed by atoms with Gasteiger partial charge in [0.25, 0.3) is 0 Å². The SMILES string of the molecule is Nc1cccc(-c2cnn(Cc3ccc(Br)cn3)c2)c1. The second-order valence-electron chi connectivity index (χ2n) is 4.52. The number of nitrogens with zero attached hydrogens (tertiary/aromatic N) is 3. The van der Waals surface area contributed by atoms with E-state index in [2.05, 4.69) is 26.0 Å². The van der Waals surface area contributed by atoms with Crippen LogP contribution < -0.4 is 5.73 Å². The highest BCUT2D eigenvalue weighted by atomic mass is 79.9. The molecule has 0 aliphatic carbocycles. The molecule has 20 heavy (non-hydrogen) atoms. The Kier molecular flexibility index (Phi) is 3.52. The number of rotatable bonds is 3. The van der Waals surface area contributed by atoms with Crippen LogP contribution in [0.3, 0.4) is 0 Å². The Labute approximate surface area is 125 Å². The van der Waals surface area contributed by atoms with Crippen LogP contribution >= 0.6 is 15.9 Å². The number of hydrogen-bond donors (Lipinski definition) is 1. The van der Waals surface area contributed by atoms with E-state index < -0.39 is 0 Å². The molecule has 3 aromatic rings. The normalized spacial score (nSPS) is 10.7. The zero-order chi connectivity index (χ0) is 13.9. The van der Waals surface area contributed by atoms with Crippen LogP contribution in [0.4, 0.5) is 5.69 Å². The molecular formula is C15H13BrN4. The average molecular weight is 329 g/mol. The first-order valence-electron chi connectivity index (χ1n) is 6.19. The molecule has 0 amide bonds. The van der Waals surface area contributed by atoms with Crippen LogP contribution in [-0.2, 0) is 6.54 Å². The van der Waals surface area contributed by atoms with E-state index in [1.54, 1.807) is 6.20 Å². The van der Waals surface area contributed by atoms with Crippen LogP contribution in [0, 0.1) is 0 Å². The zero-order valence-electron chi connectivity index (χ0n) is 10.7. The van der Waals surface area contributed by atoms with Gasteiger partial charge in [-0.3, -0.25) is 9.67 Å². The highest BCUT2D eigenvalue weighted by Gasteiger charge is 2.03. The third kappa shape index (κ3) is 2.88. The summed E-state index contributed by atoms with van der Waals surface area (Å²) in [5, 5.41) is 4.36. The summed E-state index contributed by atoms with van der Waals surface area (Å²) in [6.45, 7) is 0.648. The molecule has 1 aromatic carbocycles. The molecule has 2 N–H and O–H groups in total. The molecule has 0 saturated carbocycles. The van der Waals surface area contributed by atoms with Gasteiger partial charge in [-0.05, 0) is 45.8 Å². The molecule has 3 rings (SSSR count). The fourth-order valence-electron chi connectivity index (χ4n) is 1.98. The summed E-state index contributed by atoms with van der Waals surface area (Å²) in [6.07, 6.45) is 5.63. The first kappa shape index (κ1) is 12.9. The van der Waals surface area contributed by atoms with Crippen LogP contribution in [0.15, 0.2) is 59.5 Å². The Morgan fingerprint density at radius 3 is 2.75 bits per heavy atom. The van der Waals surface area contributed by atoms with Gasteiger partial charge in [-0.2, -0.15) is 5.10 Å². The second-order valence-corrected chi connectivity index (χ2v) is 5.44. The first-order chi connectivity index (χ1) is 9.70. The molecule has 0 aliphatic rings. The maximum absolute atomic E-state index is 5.80. The molecule has 0 aliphatic heterocycles. The van der Waals surface area contributed by atoms with Crippen molar-refractivity contribution in [3.63, 3.8) is 0 Å². The van der Waals surface area contributed by atoms with E-state index in [1.807, 2.05) is 53.5 Å². The quantitative estimate of drug-likeness (QED) is 0.750. The number of nitrogens with two attached hydrogens (primary N) is 1. The van der Waals surface area contributed by atoms with Crippen molar-refractivity contribution >= 4 is 21.6 Å². The molecule has 0 radical (unpaired) electrons. The summed E-state index contributed by atoms with van der Waals surface area (Å²) < 4.78 is 2.84. The molecule has 2 aromatic heterocycles. The molecule has 0 atom stereocenters. The molecule has 0 unspecified atom stereocenters. The average Bonchev–Trinajstić information content (AvgIpc) is 2.90. The van der Waals surface area contributed by atoms with Crippen LogP contribution in [-0.4, -0.2) is 14.8 Å².